The van der Waals surface area contributed by atoms with Crippen LogP contribution in [0.25, 0.3) is 0 Å². The first-order valence-electron chi connectivity index (χ1n) is 18.4. The average molecular weight is 755 g/mol. The van der Waals surface area contributed by atoms with E-state index in [2.05, 4.69) is 37.2 Å². The van der Waals surface area contributed by atoms with Crippen LogP contribution in [0.2, 0.25) is 0 Å². The summed E-state index contributed by atoms with van der Waals surface area (Å²) in [6, 6.07) is -8.50. The number of nitrogens with one attached hydrogen (secondary N) is 7. The topological polar surface area (TPSA) is 267 Å². The average Bonchev–Trinajstić information content (AvgIpc) is 3.02. The van der Waals surface area contributed by atoms with Crippen LogP contribution in [0.15, 0.2) is 0 Å². The molecule has 10 N–H and O–H groups in total. The van der Waals surface area contributed by atoms with Crippen molar-refractivity contribution in [2.24, 2.45) is 35.3 Å². The summed E-state index contributed by atoms with van der Waals surface area (Å²) in [4.78, 5) is 103. The highest BCUT2D eigenvalue weighted by molar-refractivity contribution is 5.97. The number of hydrogen-bond donors (Lipinski definition) is 9. The van der Waals surface area contributed by atoms with Gasteiger partial charge in [-0.1, -0.05) is 69.2 Å². The molecule has 0 heterocycles. The van der Waals surface area contributed by atoms with Crippen molar-refractivity contribution in [1.29, 1.82) is 0 Å². The molecule has 0 spiro atoms. The largest absolute Gasteiger partial charge is 0.480 e. The minimum absolute atomic E-state index is 0.00667. The van der Waals surface area contributed by atoms with Crippen LogP contribution in [0.1, 0.15) is 103 Å². The van der Waals surface area contributed by atoms with Crippen LogP contribution in [-0.2, 0) is 38.4 Å². The molecular weight excluding hydrogens is 688 g/mol. The third kappa shape index (κ3) is 17.4. The van der Waals surface area contributed by atoms with Gasteiger partial charge >= 0.3 is 5.97 Å². The Morgan fingerprint density at radius 2 is 0.717 bits per heavy atom. The fraction of sp³-hybridized carbons (Fsp3) is 0.778. The van der Waals surface area contributed by atoms with Gasteiger partial charge in [0.25, 0.3) is 0 Å². The van der Waals surface area contributed by atoms with Gasteiger partial charge in [0.05, 0.1) is 6.04 Å². The number of aliphatic carboxylic acids is 1. The normalized spacial score (nSPS) is 16.1. The molecule has 304 valence electrons. The van der Waals surface area contributed by atoms with Crippen LogP contribution in [0, 0.1) is 29.6 Å². The molecule has 0 aliphatic rings. The van der Waals surface area contributed by atoms with Crippen LogP contribution in [0.3, 0.4) is 0 Å². The van der Waals surface area contributed by atoms with E-state index in [-0.39, 0.29) is 30.6 Å². The van der Waals surface area contributed by atoms with Crippen molar-refractivity contribution in [3.8, 4) is 0 Å². The van der Waals surface area contributed by atoms with Crippen molar-refractivity contribution >= 4 is 47.3 Å². The highest BCUT2D eigenvalue weighted by atomic mass is 16.4. The Morgan fingerprint density at radius 3 is 1.06 bits per heavy atom. The van der Waals surface area contributed by atoms with E-state index < -0.39 is 107 Å². The van der Waals surface area contributed by atoms with Crippen molar-refractivity contribution in [2.75, 3.05) is 0 Å². The monoisotopic (exact) mass is 754 g/mol. The predicted molar refractivity (Wildman–Crippen MR) is 200 cm³/mol. The molecule has 17 heteroatoms. The first-order valence-corrected chi connectivity index (χ1v) is 18.4. The summed E-state index contributed by atoms with van der Waals surface area (Å²) in [5, 5.41) is 27.7. The maximum atomic E-state index is 13.5. The predicted octanol–water partition coefficient (Wildman–Crippen LogP) is -0.0882. The maximum Gasteiger partial charge on any atom is 0.326 e. The minimum atomic E-state index is -1.19. The van der Waals surface area contributed by atoms with Crippen molar-refractivity contribution < 1.29 is 43.5 Å². The van der Waals surface area contributed by atoms with E-state index in [0.717, 1.165) is 0 Å². The Kier molecular flexibility index (Phi) is 20.9. The summed E-state index contributed by atoms with van der Waals surface area (Å²) in [6.07, 6.45) is 0.410. The lowest BCUT2D eigenvalue weighted by Crippen LogP contribution is -2.61. The van der Waals surface area contributed by atoms with E-state index >= 15 is 0 Å². The van der Waals surface area contributed by atoms with Gasteiger partial charge in [0.2, 0.25) is 41.4 Å². The summed E-state index contributed by atoms with van der Waals surface area (Å²) in [6.45, 7) is 21.8. The maximum absolute atomic E-state index is 13.5. The highest BCUT2D eigenvalue weighted by Crippen LogP contribution is 2.11. The summed E-state index contributed by atoms with van der Waals surface area (Å²) >= 11 is 0. The quantitative estimate of drug-likeness (QED) is 0.0709. The zero-order valence-corrected chi connectivity index (χ0v) is 33.7. The van der Waals surface area contributed by atoms with Gasteiger partial charge in [-0.25, -0.2) is 4.79 Å². The Balaban J connectivity index is 5.72. The number of carbonyl (C=O) groups is 8. The molecule has 8 atom stereocenters. The van der Waals surface area contributed by atoms with E-state index in [1.54, 1.807) is 41.5 Å². The van der Waals surface area contributed by atoms with Gasteiger partial charge in [0.15, 0.2) is 0 Å². The van der Waals surface area contributed by atoms with Gasteiger partial charge in [-0.3, -0.25) is 33.6 Å². The zero-order chi connectivity index (χ0) is 41.5. The van der Waals surface area contributed by atoms with Crippen molar-refractivity contribution in [3.63, 3.8) is 0 Å². The lowest BCUT2D eigenvalue weighted by Gasteiger charge is -2.29. The molecule has 0 fully saturated rings. The second kappa shape index (κ2) is 22.7. The van der Waals surface area contributed by atoms with Crippen LogP contribution >= 0.6 is 0 Å². The number of carboxylic acids is 1. The highest BCUT2D eigenvalue weighted by Gasteiger charge is 2.35. The molecular formula is C36H66N8O9. The van der Waals surface area contributed by atoms with Crippen molar-refractivity contribution in [1.82, 2.24) is 37.2 Å². The van der Waals surface area contributed by atoms with Gasteiger partial charge in [-0.2, -0.15) is 0 Å². The number of carbonyl (C=O) groups excluding carboxylic acids is 7. The molecule has 0 rings (SSSR count). The SMILES string of the molecule is CC(C)C[C@H](NC(=O)[C@H](CC(C)C)NC(=O)[C@H](C)NC(=O)[C@@H](NC(=O)[C@@H](NC(=O)[C@H](C)NC(=O)[C@@H](NC(=O)[C@H](C)N)C(C)C)C(C)C)C(C)C)C(=O)O. The molecule has 0 aromatic rings. The molecule has 0 aliphatic heterocycles. The van der Waals surface area contributed by atoms with Gasteiger partial charge < -0.3 is 48.1 Å². The van der Waals surface area contributed by atoms with E-state index in [9.17, 15) is 43.5 Å². The third-order valence-corrected chi connectivity index (χ3v) is 8.32. The molecule has 0 unspecified atom stereocenters. The standard InChI is InChI=1S/C36H66N8O9/c1-16(2)14-24(32(48)41-25(36(52)53)15-17(3)4)40-30(46)22(12)38-34(50)27(19(7)8)44-35(51)28(20(9)10)43-31(47)23(13)39-33(49)26(18(5)6)42-29(45)21(11)37/h16-28H,14-15,37H2,1-13H3,(H,38,50)(H,39,49)(H,40,46)(H,41,48)(H,42,45)(H,43,47)(H,44,51)(H,52,53)/t21-,22-,23-,24-,25-,26-,27-,28-/m0/s1. The summed E-state index contributed by atoms with van der Waals surface area (Å²) in [7, 11) is 0. The van der Waals surface area contributed by atoms with E-state index in [0.29, 0.717) is 0 Å². The van der Waals surface area contributed by atoms with Gasteiger partial charge in [0.1, 0.15) is 42.3 Å². The number of carboxylic acid groups (broad SMARTS) is 1. The molecule has 0 bridgehead atoms. The van der Waals surface area contributed by atoms with Gasteiger partial charge in [-0.15, -0.1) is 0 Å². The second-order valence-electron chi connectivity index (χ2n) is 15.7. The smallest absolute Gasteiger partial charge is 0.326 e. The van der Waals surface area contributed by atoms with Crippen LogP contribution in [0.5, 0.6) is 0 Å². The molecule has 0 radical (unpaired) electrons. The zero-order valence-electron chi connectivity index (χ0n) is 33.7. The first kappa shape index (κ1) is 48.7. The lowest BCUT2D eigenvalue weighted by molar-refractivity contribution is -0.143. The van der Waals surface area contributed by atoms with Crippen LogP contribution in [0.4, 0.5) is 0 Å². The Hall–Kier alpha value is -4.28. The number of hydrogen-bond acceptors (Lipinski definition) is 9. The Labute approximate surface area is 314 Å². The second-order valence-corrected chi connectivity index (χ2v) is 15.7. The van der Waals surface area contributed by atoms with E-state index in [1.165, 1.54) is 20.8 Å². The molecule has 0 aromatic carbocycles. The van der Waals surface area contributed by atoms with Crippen LogP contribution < -0.4 is 43.0 Å². The van der Waals surface area contributed by atoms with Crippen molar-refractivity contribution in [2.45, 2.75) is 151 Å². The van der Waals surface area contributed by atoms with Gasteiger partial charge in [0, 0.05) is 0 Å². The molecule has 0 aliphatic carbocycles. The third-order valence-electron chi connectivity index (χ3n) is 8.32. The van der Waals surface area contributed by atoms with Gasteiger partial charge in [-0.05, 0) is 63.2 Å². The Bertz CT molecular complexity index is 1290. The summed E-state index contributed by atoms with van der Waals surface area (Å²) < 4.78 is 0. The van der Waals surface area contributed by atoms with Crippen molar-refractivity contribution in [3.05, 3.63) is 0 Å². The number of amides is 7. The summed E-state index contributed by atoms with van der Waals surface area (Å²) in [5.41, 5.74) is 5.61. The minimum Gasteiger partial charge on any atom is -0.480 e. The lowest BCUT2D eigenvalue weighted by atomic mass is 9.99. The number of nitrogens with two attached hydrogens (primary N) is 1. The fourth-order valence-corrected chi connectivity index (χ4v) is 5.11. The Morgan fingerprint density at radius 1 is 0.415 bits per heavy atom. The molecule has 7 amide bonds. The fourth-order valence-electron chi connectivity index (χ4n) is 5.11. The molecule has 53 heavy (non-hydrogen) atoms. The molecule has 0 aromatic heterocycles. The first-order chi connectivity index (χ1) is 24.3. The van der Waals surface area contributed by atoms with E-state index in [1.807, 2.05) is 27.7 Å². The molecule has 0 saturated carbocycles. The molecule has 0 saturated heterocycles. The summed E-state index contributed by atoms with van der Waals surface area (Å²) in [5.74, 6) is -6.98. The molecule has 17 nitrogen and oxygen atoms in total. The van der Waals surface area contributed by atoms with Crippen LogP contribution in [-0.4, -0.2) is 101 Å². The van der Waals surface area contributed by atoms with E-state index in [4.69, 9.17) is 5.73 Å². The number of rotatable bonds is 22.